The average Bonchev–Trinajstić information content (AvgIpc) is 2.71. The first kappa shape index (κ1) is 13.8. The smallest absolute Gasteiger partial charge is 0.108 e. The van der Waals surface area contributed by atoms with Crippen molar-refractivity contribution in [2.45, 2.75) is 12.3 Å². The number of nitrogens with zero attached hydrogens (tertiary/aromatic N) is 2. The lowest BCUT2D eigenvalue weighted by Gasteiger charge is -2.04. The topological polar surface area (TPSA) is 42.2 Å². The van der Waals surface area contributed by atoms with Gasteiger partial charge in [-0.2, -0.15) is 11.8 Å². The van der Waals surface area contributed by atoms with Crippen molar-refractivity contribution in [3.05, 3.63) is 28.8 Å². The SMILES string of the molecule is CN(C)Cc1nc2c(CSCCN)cccc2s1. The maximum absolute atomic E-state index is 5.52. The standard InChI is InChI=1S/C13H19N3S2/c1-16(2)8-12-15-13-10(9-17-7-6-14)4-3-5-11(13)18-12/h3-5H,6-9,14H2,1-2H3. The number of hydrogen-bond donors (Lipinski definition) is 1. The van der Waals surface area contributed by atoms with Gasteiger partial charge in [0, 0.05) is 24.6 Å². The van der Waals surface area contributed by atoms with Gasteiger partial charge >= 0.3 is 0 Å². The molecule has 0 saturated carbocycles. The first-order chi connectivity index (χ1) is 8.70. The fraction of sp³-hybridized carbons (Fsp3) is 0.462. The molecule has 18 heavy (non-hydrogen) atoms. The molecule has 1 aromatic carbocycles. The molecule has 2 N–H and O–H groups in total. The highest BCUT2D eigenvalue weighted by molar-refractivity contribution is 7.98. The minimum absolute atomic E-state index is 0.740. The second-order valence-electron chi connectivity index (χ2n) is 4.45. The number of hydrogen-bond acceptors (Lipinski definition) is 5. The van der Waals surface area contributed by atoms with E-state index in [0.717, 1.165) is 24.6 Å². The summed E-state index contributed by atoms with van der Waals surface area (Å²) < 4.78 is 1.29. The van der Waals surface area contributed by atoms with Crippen LogP contribution in [0, 0.1) is 0 Å². The highest BCUT2D eigenvalue weighted by Crippen LogP contribution is 2.27. The molecular formula is C13H19N3S2. The summed E-state index contributed by atoms with van der Waals surface area (Å²) in [7, 11) is 4.15. The highest BCUT2D eigenvalue weighted by atomic mass is 32.2. The first-order valence-corrected chi connectivity index (χ1v) is 7.97. The van der Waals surface area contributed by atoms with Gasteiger partial charge in [0.25, 0.3) is 0 Å². The highest BCUT2D eigenvalue weighted by Gasteiger charge is 2.08. The Bertz CT molecular complexity index is 508. The molecule has 1 aromatic heterocycles. The van der Waals surface area contributed by atoms with Crippen molar-refractivity contribution in [2.75, 3.05) is 26.4 Å². The molecule has 0 fully saturated rings. The molecule has 0 radical (unpaired) electrons. The predicted molar refractivity (Wildman–Crippen MR) is 82.2 cm³/mol. The Morgan fingerprint density at radius 3 is 2.94 bits per heavy atom. The number of fused-ring (bicyclic) bond motifs is 1. The minimum atomic E-state index is 0.740. The van der Waals surface area contributed by atoms with Gasteiger partial charge in [-0.25, -0.2) is 4.98 Å². The van der Waals surface area contributed by atoms with E-state index in [4.69, 9.17) is 10.7 Å². The van der Waals surface area contributed by atoms with E-state index in [1.165, 1.54) is 20.8 Å². The molecule has 0 amide bonds. The summed E-state index contributed by atoms with van der Waals surface area (Å²) in [5.41, 5.74) is 8.02. The van der Waals surface area contributed by atoms with E-state index in [0.29, 0.717) is 0 Å². The van der Waals surface area contributed by atoms with Gasteiger partial charge in [-0.3, -0.25) is 0 Å². The van der Waals surface area contributed by atoms with Crippen LogP contribution in [-0.2, 0) is 12.3 Å². The maximum Gasteiger partial charge on any atom is 0.108 e. The lowest BCUT2D eigenvalue weighted by atomic mass is 10.2. The zero-order valence-electron chi connectivity index (χ0n) is 10.8. The number of thiazole rings is 1. The Balaban J connectivity index is 2.22. The van der Waals surface area contributed by atoms with E-state index in [1.54, 1.807) is 11.3 Å². The zero-order valence-corrected chi connectivity index (χ0v) is 12.5. The van der Waals surface area contributed by atoms with Crippen LogP contribution in [0.1, 0.15) is 10.6 Å². The molecule has 0 aliphatic carbocycles. The number of para-hydroxylation sites is 1. The molecule has 0 unspecified atom stereocenters. The number of rotatable bonds is 6. The number of aromatic nitrogens is 1. The molecule has 0 bridgehead atoms. The van der Waals surface area contributed by atoms with Crippen LogP contribution in [0.4, 0.5) is 0 Å². The second-order valence-corrected chi connectivity index (χ2v) is 6.67. The molecule has 98 valence electrons. The molecule has 0 atom stereocenters. The van der Waals surface area contributed by atoms with Gasteiger partial charge in [-0.1, -0.05) is 12.1 Å². The molecule has 2 rings (SSSR count). The van der Waals surface area contributed by atoms with Crippen LogP contribution in [0.5, 0.6) is 0 Å². The van der Waals surface area contributed by atoms with Crippen LogP contribution in [0.2, 0.25) is 0 Å². The van der Waals surface area contributed by atoms with Gasteiger partial charge in [-0.05, 0) is 25.7 Å². The molecular weight excluding hydrogens is 262 g/mol. The van der Waals surface area contributed by atoms with E-state index in [-0.39, 0.29) is 0 Å². The molecule has 0 saturated heterocycles. The van der Waals surface area contributed by atoms with Gasteiger partial charge in [0.15, 0.2) is 0 Å². The first-order valence-electron chi connectivity index (χ1n) is 6.00. The minimum Gasteiger partial charge on any atom is -0.330 e. The summed E-state index contributed by atoms with van der Waals surface area (Å²) in [5, 5.41) is 1.19. The van der Waals surface area contributed by atoms with Crippen LogP contribution < -0.4 is 5.73 Å². The molecule has 0 aliphatic heterocycles. The Morgan fingerprint density at radius 1 is 1.39 bits per heavy atom. The monoisotopic (exact) mass is 281 g/mol. The van der Waals surface area contributed by atoms with E-state index in [2.05, 4.69) is 37.2 Å². The Labute approximate surface area is 116 Å². The third kappa shape index (κ3) is 3.45. The fourth-order valence-corrected chi connectivity index (χ4v) is 3.67. The van der Waals surface area contributed by atoms with Gasteiger partial charge < -0.3 is 10.6 Å². The van der Waals surface area contributed by atoms with Crippen molar-refractivity contribution in [1.29, 1.82) is 0 Å². The van der Waals surface area contributed by atoms with Crippen molar-refractivity contribution >= 4 is 33.3 Å². The number of benzene rings is 1. The van der Waals surface area contributed by atoms with Crippen LogP contribution in [-0.4, -0.2) is 36.3 Å². The summed E-state index contributed by atoms with van der Waals surface area (Å²) in [6.45, 7) is 1.65. The van der Waals surface area contributed by atoms with Crippen LogP contribution in [0.3, 0.4) is 0 Å². The Hall–Kier alpha value is -0.620. The Morgan fingerprint density at radius 2 is 2.22 bits per heavy atom. The summed E-state index contributed by atoms with van der Waals surface area (Å²) >= 11 is 3.67. The average molecular weight is 281 g/mol. The van der Waals surface area contributed by atoms with Crippen molar-refractivity contribution in [1.82, 2.24) is 9.88 Å². The maximum atomic E-state index is 5.52. The molecule has 0 spiro atoms. The third-order valence-electron chi connectivity index (χ3n) is 2.52. The van der Waals surface area contributed by atoms with Gasteiger partial charge in [0.1, 0.15) is 5.01 Å². The second kappa shape index (κ2) is 6.52. The van der Waals surface area contributed by atoms with E-state index < -0.39 is 0 Å². The van der Waals surface area contributed by atoms with Crippen LogP contribution in [0.25, 0.3) is 10.2 Å². The fourth-order valence-electron chi connectivity index (χ4n) is 1.77. The van der Waals surface area contributed by atoms with Crippen LogP contribution >= 0.6 is 23.1 Å². The lowest BCUT2D eigenvalue weighted by Crippen LogP contribution is -2.10. The molecule has 3 nitrogen and oxygen atoms in total. The number of thioether (sulfide) groups is 1. The van der Waals surface area contributed by atoms with Crippen molar-refractivity contribution < 1.29 is 0 Å². The Kier molecular flexibility index (Phi) is 5.00. The molecule has 1 heterocycles. The summed E-state index contributed by atoms with van der Waals surface area (Å²) in [6, 6.07) is 6.45. The van der Waals surface area contributed by atoms with Gasteiger partial charge in [-0.15, -0.1) is 11.3 Å². The quantitative estimate of drug-likeness (QED) is 0.826. The normalized spacial score (nSPS) is 11.6. The van der Waals surface area contributed by atoms with Gasteiger partial charge in [0.05, 0.1) is 10.2 Å². The summed E-state index contributed by atoms with van der Waals surface area (Å²) in [4.78, 5) is 6.92. The predicted octanol–water partition coefficient (Wildman–Crippen LogP) is 2.55. The van der Waals surface area contributed by atoms with E-state index in [1.807, 2.05) is 11.8 Å². The lowest BCUT2D eigenvalue weighted by molar-refractivity contribution is 0.402. The largest absolute Gasteiger partial charge is 0.330 e. The van der Waals surface area contributed by atoms with Crippen molar-refractivity contribution in [3.63, 3.8) is 0 Å². The number of nitrogens with two attached hydrogens (primary N) is 1. The van der Waals surface area contributed by atoms with Crippen molar-refractivity contribution in [2.24, 2.45) is 5.73 Å². The van der Waals surface area contributed by atoms with Gasteiger partial charge in [0.2, 0.25) is 0 Å². The third-order valence-corrected chi connectivity index (χ3v) is 4.56. The molecule has 5 heteroatoms. The van der Waals surface area contributed by atoms with Crippen LogP contribution in [0.15, 0.2) is 18.2 Å². The van der Waals surface area contributed by atoms with E-state index in [9.17, 15) is 0 Å². The zero-order chi connectivity index (χ0) is 13.0. The van der Waals surface area contributed by atoms with E-state index >= 15 is 0 Å². The summed E-state index contributed by atoms with van der Waals surface area (Å²) in [5.74, 6) is 2.00. The summed E-state index contributed by atoms with van der Waals surface area (Å²) in [6.07, 6.45) is 0. The molecule has 2 aromatic rings. The van der Waals surface area contributed by atoms with Crippen molar-refractivity contribution in [3.8, 4) is 0 Å². The molecule has 0 aliphatic rings.